The number of aryl methyl sites for hydroxylation is 1. The third kappa shape index (κ3) is 2.72. The molecule has 0 aromatic carbocycles. The Morgan fingerprint density at radius 2 is 2.11 bits per heavy atom. The summed E-state index contributed by atoms with van der Waals surface area (Å²) in [6.07, 6.45) is 3.34. The second-order valence-electron chi connectivity index (χ2n) is 4.90. The van der Waals surface area contributed by atoms with Crippen LogP contribution in [0.15, 0.2) is 0 Å². The Kier molecular flexibility index (Phi) is 4.01. The van der Waals surface area contributed by atoms with E-state index in [0.717, 1.165) is 55.8 Å². The second-order valence-corrected chi connectivity index (χ2v) is 4.90. The molecule has 1 aliphatic heterocycles. The van der Waals surface area contributed by atoms with Gasteiger partial charge in [-0.15, -0.1) is 0 Å². The van der Waals surface area contributed by atoms with Crippen molar-refractivity contribution in [2.75, 3.05) is 23.7 Å². The van der Waals surface area contributed by atoms with Crippen LogP contribution in [-0.2, 0) is 6.42 Å². The first kappa shape index (κ1) is 13.1. The van der Waals surface area contributed by atoms with E-state index in [9.17, 15) is 5.11 Å². The van der Waals surface area contributed by atoms with E-state index in [4.69, 9.17) is 5.73 Å². The number of rotatable bonds is 2. The lowest BCUT2D eigenvalue weighted by atomic mass is 10.2. The van der Waals surface area contributed by atoms with Crippen LogP contribution in [0.3, 0.4) is 0 Å². The summed E-state index contributed by atoms with van der Waals surface area (Å²) < 4.78 is 0. The Bertz CT molecular complexity index is 422. The van der Waals surface area contributed by atoms with Gasteiger partial charge in [0.1, 0.15) is 5.82 Å². The maximum absolute atomic E-state index is 9.69. The number of nitrogens with zero attached hydrogens (tertiary/aromatic N) is 3. The van der Waals surface area contributed by atoms with E-state index >= 15 is 0 Å². The van der Waals surface area contributed by atoms with Gasteiger partial charge < -0.3 is 15.7 Å². The van der Waals surface area contributed by atoms with Crippen molar-refractivity contribution < 1.29 is 5.11 Å². The molecule has 0 aliphatic carbocycles. The molecule has 0 saturated carbocycles. The molecule has 0 unspecified atom stereocenters. The highest BCUT2D eigenvalue weighted by atomic mass is 16.3. The maximum Gasteiger partial charge on any atom is 0.222 e. The van der Waals surface area contributed by atoms with Gasteiger partial charge >= 0.3 is 0 Å². The minimum atomic E-state index is -0.180. The Labute approximate surface area is 108 Å². The van der Waals surface area contributed by atoms with Crippen molar-refractivity contribution in [1.29, 1.82) is 0 Å². The van der Waals surface area contributed by atoms with Crippen molar-refractivity contribution in [3.63, 3.8) is 0 Å². The van der Waals surface area contributed by atoms with Crippen molar-refractivity contribution in [2.24, 2.45) is 0 Å². The van der Waals surface area contributed by atoms with Crippen LogP contribution in [-0.4, -0.2) is 34.3 Å². The molecule has 0 radical (unpaired) electrons. The Morgan fingerprint density at radius 1 is 1.33 bits per heavy atom. The fourth-order valence-corrected chi connectivity index (χ4v) is 2.51. The zero-order valence-electron chi connectivity index (χ0n) is 11.2. The molecular weight excluding hydrogens is 228 g/mol. The molecule has 0 spiro atoms. The number of aliphatic hydroxyl groups excluding tert-OH is 1. The Balaban J connectivity index is 2.29. The SMILES string of the molecule is CCc1nc(N)nc(N2CCC[C@H](O)CC2)c1C. The standard InChI is InChI=1S/C13H22N4O/c1-3-11-9(2)12(16-13(14)15-11)17-7-4-5-10(18)6-8-17/h10,18H,3-8H2,1-2H3,(H2,14,15,16)/t10-/m0/s1. The molecule has 2 rings (SSSR count). The zero-order valence-corrected chi connectivity index (χ0v) is 11.2. The fourth-order valence-electron chi connectivity index (χ4n) is 2.51. The summed E-state index contributed by atoms with van der Waals surface area (Å²) in [6, 6.07) is 0. The predicted octanol–water partition coefficient (Wildman–Crippen LogP) is 1.28. The molecule has 5 nitrogen and oxygen atoms in total. The van der Waals surface area contributed by atoms with Crippen LogP contribution in [0, 0.1) is 6.92 Å². The topological polar surface area (TPSA) is 75.3 Å². The summed E-state index contributed by atoms with van der Waals surface area (Å²) >= 11 is 0. The van der Waals surface area contributed by atoms with Gasteiger partial charge in [0, 0.05) is 18.7 Å². The van der Waals surface area contributed by atoms with Gasteiger partial charge in [0.2, 0.25) is 5.95 Å². The van der Waals surface area contributed by atoms with Gasteiger partial charge in [0.25, 0.3) is 0 Å². The highest BCUT2D eigenvalue weighted by Crippen LogP contribution is 2.24. The van der Waals surface area contributed by atoms with Crippen LogP contribution in [0.5, 0.6) is 0 Å². The van der Waals surface area contributed by atoms with Crippen LogP contribution < -0.4 is 10.6 Å². The quantitative estimate of drug-likeness (QED) is 0.827. The van der Waals surface area contributed by atoms with E-state index in [1.807, 2.05) is 0 Å². The zero-order chi connectivity index (χ0) is 13.1. The summed E-state index contributed by atoms with van der Waals surface area (Å²) in [5.41, 5.74) is 7.91. The lowest BCUT2D eigenvalue weighted by Crippen LogP contribution is -2.27. The number of nitrogen functional groups attached to an aromatic ring is 1. The van der Waals surface area contributed by atoms with Crippen LogP contribution in [0.2, 0.25) is 0 Å². The number of hydrogen-bond acceptors (Lipinski definition) is 5. The monoisotopic (exact) mass is 250 g/mol. The second kappa shape index (κ2) is 5.52. The highest BCUT2D eigenvalue weighted by molar-refractivity contribution is 5.51. The van der Waals surface area contributed by atoms with E-state index in [0.29, 0.717) is 5.95 Å². The lowest BCUT2D eigenvalue weighted by Gasteiger charge is -2.24. The molecule has 2 heterocycles. The Morgan fingerprint density at radius 3 is 2.83 bits per heavy atom. The van der Waals surface area contributed by atoms with Gasteiger partial charge in [-0.2, -0.15) is 4.98 Å². The summed E-state index contributed by atoms with van der Waals surface area (Å²) in [6.45, 7) is 5.89. The van der Waals surface area contributed by atoms with Crippen LogP contribution in [0.1, 0.15) is 37.4 Å². The first-order valence-electron chi connectivity index (χ1n) is 6.67. The fraction of sp³-hybridized carbons (Fsp3) is 0.692. The van der Waals surface area contributed by atoms with Crippen LogP contribution >= 0.6 is 0 Å². The largest absolute Gasteiger partial charge is 0.393 e. The minimum Gasteiger partial charge on any atom is -0.393 e. The predicted molar refractivity (Wildman–Crippen MR) is 72.6 cm³/mol. The number of aliphatic hydroxyl groups is 1. The van der Waals surface area contributed by atoms with E-state index in [1.54, 1.807) is 0 Å². The first-order chi connectivity index (χ1) is 8.61. The molecule has 5 heteroatoms. The van der Waals surface area contributed by atoms with Gasteiger partial charge in [0.05, 0.1) is 11.8 Å². The molecule has 1 saturated heterocycles. The van der Waals surface area contributed by atoms with E-state index in [2.05, 4.69) is 28.7 Å². The maximum atomic E-state index is 9.69. The molecule has 0 amide bonds. The van der Waals surface area contributed by atoms with Crippen molar-refractivity contribution in [1.82, 2.24) is 9.97 Å². The number of aromatic nitrogens is 2. The highest BCUT2D eigenvalue weighted by Gasteiger charge is 2.19. The van der Waals surface area contributed by atoms with Crippen LogP contribution in [0.4, 0.5) is 11.8 Å². The van der Waals surface area contributed by atoms with Crippen molar-refractivity contribution in [2.45, 2.75) is 45.6 Å². The summed E-state index contributed by atoms with van der Waals surface area (Å²) in [5, 5.41) is 9.69. The van der Waals surface area contributed by atoms with E-state index in [-0.39, 0.29) is 6.10 Å². The van der Waals surface area contributed by atoms with Crippen molar-refractivity contribution in [3.05, 3.63) is 11.3 Å². The van der Waals surface area contributed by atoms with Crippen molar-refractivity contribution >= 4 is 11.8 Å². The molecule has 3 N–H and O–H groups in total. The molecular formula is C13H22N4O. The number of anilines is 2. The van der Waals surface area contributed by atoms with E-state index in [1.165, 1.54) is 0 Å². The molecule has 1 aromatic rings. The third-order valence-electron chi connectivity index (χ3n) is 3.57. The van der Waals surface area contributed by atoms with Crippen LogP contribution in [0.25, 0.3) is 0 Å². The van der Waals surface area contributed by atoms with Gasteiger partial charge in [-0.1, -0.05) is 6.92 Å². The molecule has 18 heavy (non-hydrogen) atoms. The number of hydrogen-bond donors (Lipinski definition) is 2. The molecule has 1 aliphatic rings. The minimum absolute atomic E-state index is 0.180. The smallest absolute Gasteiger partial charge is 0.222 e. The Hall–Kier alpha value is -1.36. The van der Waals surface area contributed by atoms with Gasteiger partial charge in [-0.05, 0) is 32.6 Å². The molecule has 1 aromatic heterocycles. The molecule has 1 fully saturated rings. The van der Waals surface area contributed by atoms with Gasteiger partial charge in [-0.3, -0.25) is 0 Å². The first-order valence-corrected chi connectivity index (χ1v) is 6.67. The molecule has 0 bridgehead atoms. The average Bonchev–Trinajstić information content (AvgIpc) is 2.56. The number of nitrogens with two attached hydrogens (primary N) is 1. The average molecular weight is 250 g/mol. The van der Waals surface area contributed by atoms with E-state index < -0.39 is 0 Å². The van der Waals surface area contributed by atoms with Gasteiger partial charge in [-0.25, -0.2) is 4.98 Å². The molecule has 100 valence electrons. The summed E-state index contributed by atoms with van der Waals surface area (Å²) in [5.74, 6) is 1.28. The summed E-state index contributed by atoms with van der Waals surface area (Å²) in [7, 11) is 0. The molecule has 1 atom stereocenters. The third-order valence-corrected chi connectivity index (χ3v) is 3.57. The van der Waals surface area contributed by atoms with Crippen molar-refractivity contribution in [3.8, 4) is 0 Å². The summed E-state index contributed by atoms with van der Waals surface area (Å²) in [4.78, 5) is 10.9. The lowest BCUT2D eigenvalue weighted by molar-refractivity contribution is 0.161. The normalized spacial score (nSPS) is 20.8. The van der Waals surface area contributed by atoms with Gasteiger partial charge in [0.15, 0.2) is 0 Å².